The van der Waals surface area contributed by atoms with Crippen molar-refractivity contribution in [1.29, 1.82) is 0 Å². The summed E-state index contributed by atoms with van der Waals surface area (Å²) >= 11 is 0. The lowest BCUT2D eigenvalue weighted by Gasteiger charge is -2.34. The minimum atomic E-state index is -0.987. The summed E-state index contributed by atoms with van der Waals surface area (Å²) in [4.78, 5) is 12.2. The van der Waals surface area contributed by atoms with Gasteiger partial charge in [0.15, 0.2) is 5.78 Å². The molecule has 0 aromatic carbocycles. The lowest BCUT2D eigenvalue weighted by atomic mass is 9.76. The molecule has 0 radical (unpaired) electrons. The van der Waals surface area contributed by atoms with Gasteiger partial charge in [0.2, 0.25) is 0 Å². The van der Waals surface area contributed by atoms with Crippen LogP contribution in [0.1, 0.15) is 53.4 Å². The highest BCUT2D eigenvalue weighted by Gasteiger charge is 2.53. The van der Waals surface area contributed by atoms with Crippen molar-refractivity contribution in [2.45, 2.75) is 64.6 Å². The van der Waals surface area contributed by atoms with Crippen molar-refractivity contribution < 1.29 is 15.0 Å². The van der Waals surface area contributed by atoms with Crippen LogP contribution >= 0.6 is 0 Å². The average molecular weight is 252 g/mol. The number of allylic oxidation sites excluding steroid dienone is 2. The molecule has 2 rings (SSSR count). The molecule has 2 N–H and O–H groups in total. The fourth-order valence-electron chi connectivity index (χ4n) is 3.75. The molecule has 2 fully saturated rings. The van der Waals surface area contributed by atoms with Crippen molar-refractivity contribution in [3.63, 3.8) is 0 Å². The summed E-state index contributed by atoms with van der Waals surface area (Å²) in [6.45, 7) is 7.46. The van der Waals surface area contributed by atoms with Crippen LogP contribution in [0.3, 0.4) is 0 Å². The van der Waals surface area contributed by atoms with Crippen LogP contribution in [0.2, 0.25) is 0 Å². The Morgan fingerprint density at radius 1 is 1.17 bits per heavy atom. The molecular formula is C15H24O3. The molecule has 0 aliphatic heterocycles. The van der Waals surface area contributed by atoms with E-state index in [4.69, 9.17) is 0 Å². The summed E-state index contributed by atoms with van der Waals surface area (Å²) in [5, 5.41) is 21.1. The van der Waals surface area contributed by atoms with E-state index in [1.165, 1.54) is 0 Å². The fourth-order valence-corrected chi connectivity index (χ4v) is 3.75. The third kappa shape index (κ3) is 2.14. The molecule has 102 valence electrons. The van der Waals surface area contributed by atoms with Crippen molar-refractivity contribution in [3.05, 3.63) is 11.1 Å². The number of rotatable bonds is 0. The smallest absolute Gasteiger partial charge is 0.161 e. The first-order valence-electron chi connectivity index (χ1n) is 6.79. The highest BCUT2D eigenvalue weighted by molar-refractivity contribution is 5.97. The van der Waals surface area contributed by atoms with Crippen LogP contribution in [0.15, 0.2) is 11.1 Å². The van der Waals surface area contributed by atoms with E-state index < -0.39 is 11.2 Å². The van der Waals surface area contributed by atoms with Crippen LogP contribution in [0.4, 0.5) is 0 Å². The van der Waals surface area contributed by atoms with Gasteiger partial charge in [-0.25, -0.2) is 0 Å². The maximum atomic E-state index is 12.2. The van der Waals surface area contributed by atoms with Gasteiger partial charge >= 0.3 is 0 Å². The summed E-state index contributed by atoms with van der Waals surface area (Å²) < 4.78 is 0. The zero-order valence-electron chi connectivity index (χ0n) is 11.8. The Labute approximate surface area is 109 Å². The molecule has 2 aliphatic carbocycles. The van der Waals surface area contributed by atoms with Gasteiger partial charge in [-0.15, -0.1) is 0 Å². The SMILES string of the molecule is CC(C)=C1CC2[C@@H](CC[C@]2(C)O)[C@](C)(O)CC1=O. The summed E-state index contributed by atoms with van der Waals surface area (Å²) in [7, 11) is 0. The zero-order valence-corrected chi connectivity index (χ0v) is 11.8. The minimum Gasteiger partial charge on any atom is -0.390 e. The summed E-state index contributed by atoms with van der Waals surface area (Å²) in [6, 6.07) is 0. The molecule has 0 saturated heterocycles. The maximum Gasteiger partial charge on any atom is 0.161 e. The van der Waals surface area contributed by atoms with Gasteiger partial charge in [-0.1, -0.05) is 5.57 Å². The summed E-state index contributed by atoms with van der Waals surface area (Å²) in [5.74, 6) is 0.0577. The lowest BCUT2D eigenvalue weighted by molar-refractivity contribution is -0.121. The molecule has 0 aromatic heterocycles. The van der Waals surface area contributed by atoms with E-state index in [9.17, 15) is 15.0 Å². The van der Waals surface area contributed by atoms with E-state index in [0.717, 1.165) is 17.6 Å². The maximum absolute atomic E-state index is 12.2. The van der Waals surface area contributed by atoms with Crippen molar-refractivity contribution in [2.24, 2.45) is 11.8 Å². The Hall–Kier alpha value is -0.670. The van der Waals surface area contributed by atoms with Gasteiger partial charge < -0.3 is 10.2 Å². The molecule has 2 saturated carbocycles. The van der Waals surface area contributed by atoms with E-state index in [1.54, 1.807) is 6.92 Å². The first-order chi connectivity index (χ1) is 8.15. The van der Waals surface area contributed by atoms with E-state index in [1.807, 2.05) is 20.8 Å². The average Bonchev–Trinajstić information content (AvgIpc) is 2.43. The van der Waals surface area contributed by atoms with Gasteiger partial charge in [0.05, 0.1) is 11.2 Å². The molecule has 18 heavy (non-hydrogen) atoms. The highest BCUT2D eigenvalue weighted by atomic mass is 16.3. The first kappa shape index (κ1) is 13.8. The van der Waals surface area contributed by atoms with Crippen molar-refractivity contribution >= 4 is 5.78 Å². The number of ketones is 1. The Balaban J connectivity index is 2.45. The molecule has 0 amide bonds. The van der Waals surface area contributed by atoms with Crippen LogP contribution < -0.4 is 0 Å². The molecule has 2 aliphatic rings. The Morgan fingerprint density at radius 2 is 1.78 bits per heavy atom. The largest absolute Gasteiger partial charge is 0.390 e. The second-order valence-corrected chi connectivity index (χ2v) is 6.75. The standard InChI is InChI=1S/C15H24O3/c1-9(2)10-7-12-11(5-6-14(12,3)17)15(4,18)8-13(10)16/h11-12,17-18H,5-8H2,1-4H3/t11-,12?,14+,15-/m1/s1. The predicted octanol–water partition coefficient (Wildman–Crippen LogP) is 2.21. The molecule has 4 atom stereocenters. The Morgan fingerprint density at radius 3 is 2.33 bits per heavy atom. The van der Waals surface area contributed by atoms with E-state index in [2.05, 4.69) is 0 Å². The molecule has 0 heterocycles. The normalized spacial score (nSPS) is 44.8. The van der Waals surface area contributed by atoms with Gasteiger partial charge in [0, 0.05) is 6.42 Å². The number of carbonyl (C=O) groups is 1. The predicted molar refractivity (Wildman–Crippen MR) is 70.1 cm³/mol. The van der Waals surface area contributed by atoms with Crippen LogP contribution in [-0.2, 0) is 4.79 Å². The number of hydrogen-bond donors (Lipinski definition) is 2. The quantitative estimate of drug-likeness (QED) is 0.650. The molecule has 3 nitrogen and oxygen atoms in total. The number of carbonyl (C=O) groups excluding carboxylic acids is 1. The zero-order chi connectivity index (χ0) is 13.7. The summed E-state index contributed by atoms with van der Waals surface area (Å²) in [5.41, 5.74) is 0.0727. The van der Waals surface area contributed by atoms with Gasteiger partial charge in [-0.05, 0) is 64.4 Å². The van der Waals surface area contributed by atoms with Crippen molar-refractivity contribution in [1.82, 2.24) is 0 Å². The van der Waals surface area contributed by atoms with Crippen molar-refractivity contribution in [2.75, 3.05) is 0 Å². The van der Waals surface area contributed by atoms with E-state index in [-0.39, 0.29) is 24.0 Å². The molecule has 0 bridgehead atoms. The Kier molecular flexibility index (Phi) is 3.19. The molecule has 3 heteroatoms. The molecule has 1 unspecified atom stereocenters. The number of aliphatic hydroxyl groups is 2. The fraction of sp³-hybridized carbons (Fsp3) is 0.800. The van der Waals surface area contributed by atoms with Gasteiger partial charge in [-0.3, -0.25) is 4.79 Å². The van der Waals surface area contributed by atoms with Gasteiger partial charge in [0.25, 0.3) is 0 Å². The van der Waals surface area contributed by atoms with E-state index >= 15 is 0 Å². The minimum absolute atomic E-state index is 0.0103. The highest BCUT2D eigenvalue weighted by Crippen LogP contribution is 2.51. The number of fused-ring (bicyclic) bond motifs is 1. The lowest BCUT2D eigenvalue weighted by Crippen LogP contribution is -2.41. The second kappa shape index (κ2) is 4.17. The monoisotopic (exact) mass is 252 g/mol. The summed E-state index contributed by atoms with van der Waals surface area (Å²) in [6.07, 6.45) is 2.30. The topological polar surface area (TPSA) is 57.5 Å². The van der Waals surface area contributed by atoms with Crippen LogP contribution in [-0.4, -0.2) is 27.2 Å². The number of Topliss-reactive ketones (excluding diaryl/α,β-unsaturated/α-hetero) is 1. The third-order valence-corrected chi connectivity index (χ3v) is 4.93. The van der Waals surface area contributed by atoms with Crippen LogP contribution in [0, 0.1) is 11.8 Å². The first-order valence-corrected chi connectivity index (χ1v) is 6.79. The molecular weight excluding hydrogens is 228 g/mol. The van der Waals surface area contributed by atoms with Crippen LogP contribution in [0.5, 0.6) is 0 Å². The Bertz CT molecular complexity index is 400. The molecule has 0 aromatic rings. The van der Waals surface area contributed by atoms with E-state index in [0.29, 0.717) is 12.8 Å². The van der Waals surface area contributed by atoms with Crippen LogP contribution in [0.25, 0.3) is 0 Å². The van der Waals surface area contributed by atoms with Gasteiger partial charge in [0.1, 0.15) is 0 Å². The third-order valence-electron chi connectivity index (χ3n) is 4.93. The second-order valence-electron chi connectivity index (χ2n) is 6.75. The van der Waals surface area contributed by atoms with Crippen molar-refractivity contribution in [3.8, 4) is 0 Å². The molecule has 0 spiro atoms. The van der Waals surface area contributed by atoms with Gasteiger partial charge in [-0.2, -0.15) is 0 Å². The number of hydrogen-bond acceptors (Lipinski definition) is 3.